The third-order valence-corrected chi connectivity index (χ3v) is 7.98. The van der Waals surface area contributed by atoms with Gasteiger partial charge in [0.15, 0.2) is 5.65 Å². The van der Waals surface area contributed by atoms with Crippen LogP contribution in [-0.4, -0.2) is 64.5 Å². The van der Waals surface area contributed by atoms with Gasteiger partial charge in [-0.2, -0.15) is 9.40 Å². The van der Waals surface area contributed by atoms with Crippen molar-refractivity contribution in [2.75, 3.05) is 26.2 Å². The SMILES string of the molecule is CC(C)n1ncc2c(C(=O)N3CCN(S(=O)(=O)C=Cc4ccccc4)CC3)cc(C3CC3)nc21. The fraction of sp³-hybridized carbons (Fsp3) is 0.400. The second kappa shape index (κ2) is 8.96. The van der Waals surface area contributed by atoms with E-state index in [-0.39, 0.29) is 25.0 Å². The van der Waals surface area contributed by atoms with Gasteiger partial charge in [-0.3, -0.25) is 4.79 Å². The van der Waals surface area contributed by atoms with Crippen molar-refractivity contribution in [3.8, 4) is 0 Å². The van der Waals surface area contributed by atoms with Gasteiger partial charge in [-0.15, -0.1) is 0 Å². The number of carbonyl (C=O) groups is 1. The molecule has 2 aliphatic rings. The molecule has 9 heteroatoms. The first-order valence-electron chi connectivity index (χ1n) is 11.7. The Labute approximate surface area is 199 Å². The van der Waals surface area contributed by atoms with E-state index >= 15 is 0 Å². The topological polar surface area (TPSA) is 88.4 Å². The molecule has 5 rings (SSSR count). The number of carbonyl (C=O) groups excluding carboxylic acids is 1. The maximum absolute atomic E-state index is 13.5. The number of benzene rings is 1. The van der Waals surface area contributed by atoms with Crippen molar-refractivity contribution in [3.63, 3.8) is 0 Å². The van der Waals surface area contributed by atoms with E-state index in [9.17, 15) is 13.2 Å². The highest BCUT2D eigenvalue weighted by atomic mass is 32.2. The van der Waals surface area contributed by atoms with Crippen LogP contribution in [0.4, 0.5) is 0 Å². The fourth-order valence-electron chi connectivity index (χ4n) is 4.31. The van der Waals surface area contributed by atoms with Gasteiger partial charge in [0, 0.05) is 49.2 Å². The molecule has 1 saturated carbocycles. The summed E-state index contributed by atoms with van der Waals surface area (Å²) in [6.45, 7) is 5.32. The molecule has 178 valence electrons. The summed E-state index contributed by atoms with van der Waals surface area (Å²) in [4.78, 5) is 20.1. The van der Waals surface area contributed by atoms with Crippen molar-refractivity contribution in [2.45, 2.75) is 38.6 Å². The summed E-state index contributed by atoms with van der Waals surface area (Å²) in [7, 11) is -3.55. The normalized spacial score (nSPS) is 17.8. The molecule has 0 bridgehead atoms. The predicted molar refractivity (Wildman–Crippen MR) is 132 cm³/mol. The third kappa shape index (κ3) is 4.50. The van der Waals surface area contributed by atoms with Crippen LogP contribution in [0.15, 0.2) is 48.0 Å². The quantitative estimate of drug-likeness (QED) is 0.539. The second-order valence-corrected chi connectivity index (χ2v) is 11.1. The van der Waals surface area contributed by atoms with E-state index in [1.165, 1.54) is 9.71 Å². The lowest BCUT2D eigenvalue weighted by molar-refractivity contribution is 0.0700. The van der Waals surface area contributed by atoms with Crippen LogP contribution < -0.4 is 0 Å². The smallest absolute Gasteiger partial charge is 0.254 e. The van der Waals surface area contributed by atoms with Crippen molar-refractivity contribution in [3.05, 3.63) is 64.8 Å². The molecule has 1 aliphatic carbocycles. The van der Waals surface area contributed by atoms with Crippen LogP contribution >= 0.6 is 0 Å². The number of nitrogens with zero attached hydrogens (tertiary/aromatic N) is 5. The van der Waals surface area contributed by atoms with Gasteiger partial charge in [0.05, 0.1) is 17.1 Å². The van der Waals surface area contributed by atoms with Crippen LogP contribution in [0.2, 0.25) is 0 Å². The number of pyridine rings is 1. The van der Waals surface area contributed by atoms with Crippen LogP contribution in [0.1, 0.15) is 60.3 Å². The minimum atomic E-state index is -3.55. The standard InChI is InChI=1S/C25H29N5O3S/c1-18(2)30-24-22(17-26-30)21(16-23(27-24)20-8-9-20)25(31)28-11-13-29(14-12-28)34(32,33)15-10-19-6-4-3-5-7-19/h3-7,10,15-18,20H,8-9,11-14H2,1-2H3. The zero-order valence-corrected chi connectivity index (χ0v) is 20.3. The number of piperazine rings is 1. The maximum atomic E-state index is 13.5. The van der Waals surface area contributed by atoms with E-state index < -0.39 is 10.0 Å². The molecule has 3 heterocycles. The van der Waals surface area contributed by atoms with Gasteiger partial charge in [0.25, 0.3) is 5.91 Å². The monoisotopic (exact) mass is 479 g/mol. The van der Waals surface area contributed by atoms with E-state index in [0.29, 0.717) is 24.6 Å². The first-order chi connectivity index (χ1) is 16.3. The average molecular weight is 480 g/mol. The number of hydrogen-bond donors (Lipinski definition) is 0. The molecule has 2 fully saturated rings. The second-order valence-electron chi connectivity index (χ2n) is 9.24. The number of fused-ring (bicyclic) bond motifs is 1. The van der Waals surface area contributed by atoms with E-state index in [1.807, 2.05) is 54.9 Å². The summed E-state index contributed by atoms with van der Waals surface area (Å²) in [5.74, 6) is 0.319. The van der Waals surface area contributed by atoms with Crippen molar-refractivity contribution in [2.24, 2.45) is 0 Å². The summed E-state index contributed by atoms with van der Waals surface area (Å²) in [5, 5.41) is 6.48. The number of hydrogen-bond acceptors (Lipinski definition) is 5. The van der Waals surface area contributed by atoms with Gasteiger partial charge in [-0.05, 0) is 44.4 Å². The van der Waals surface area contributed by atoms with Crippen LogP contribution in [-0.2, 0) is 10.0 Å². The Hall–Kier alpha value is -3.04. The summed E-state index contributed by atoms with van der Waals surface area (Å²) >= 11 is 0. The van der Waals surface area contributed by atoms with Gasteiger partial charge in [0.1, 0.15) is 0 Å². The highest BCUT2D eigenvalue weighted by Gasteiger charge is 2.32. The van der Waals surface area contributed by atoms with Crippen LogP contribution in [0.25, 0.3) is 17.1 Å². The molecule has 0 unspecified atom stereocenters. The van der Waals surface area contributed by atoms with Crippen LogP contribution in [0.3, 0.4) is 0 Å². The van der Waals surface area contributed by atoms with E-state index in [0.717, 1.165) is 35.1 Å². The largest absolute Gasteiger partial charge is 0.336 e. The first kappa shape index (κ1) is 22.7. The molecular formula is C25H29N5O3S. The number of sulfonamides is 1. The number of amides is 1. The van der Waals surface area contributed by atoms with Gasteiger partial charge in [0.2, 0.25) is 10.0 Å². The molecule has 3 aromatic rings. The highest BCUT2D eigenvalue weighted by Crippen LogP contribution is 2.40. The molecule has 0 spiro atoms. The van der Waals surface area contributed by atoms with Crippen LogP contribution in [0, 0.1) is 0 Å². The lowest BCUT2D eigenvalue weighted by Gasteiger charge is -2.33. The zero-order chi connectivity index (χ0) is 23.9. The predicted octanol–water partition coefficient (Wildman–Crippen LogP) is 3.65. The van der Waals surface area contributed by atoms with Gasteiger partial charge in [-0.25, -0.2) is 18.1 Å². The lowest BCUT2D eigenvalue weighted by Crippen LogP contribution is -2.50. The Morgan fingerprint density at radius 1 is 1.09 bits per heavy atom. The molecule has 34 heavy (non-hydrogen) atoms. The Balaban J connectivity index is 1.34. The molecule has 0 atom stereocenters. The lowest BCUT2D eigenvalue weighted by atomic mass is 10.1. The molecule has 2 aromatic heterocycles. The van der Waals surface area contributed by atoms with E-state index in [2.05, 4.69) is 5.10 Å². The minimum Gasteiger partial charge on any atom is -0.336 e. The molecule has 1 amide bonds. The summed E-state index contributed by atoms with van der Waals surface area (Å²) < 4.78 is 28.9. The van der Waals surface area contributed by atoms with Gasteiger partial charge < -0.3 is 4.90 Å². The molecular weight excluding hydrogens is 450 g/mol. The van der Waals surface area contributed by atoms with Crippen molar-refractivity contribution in [1.82, 2.24) is 24.0 Å². The number of aromatic nitrogens is 3. The fourth-order valence-corrected chi connectivity index (χ4v) is 5.48. The molecule has 1 saturated heterocycles. The average Bonchev–Trinajstić information content (AvgIpc) is 3.61. The Bertz CT molecular complexity index is 1340. The first-order valence-corrected chi connectivity index (χ1v) is 13.2. The molecule has 1 aromatic carbocycles. The van der Waals surface area contributed by atoms with Crippen molar-refractivity contribution >= 4 is 33.0 Å². The van der Waals surface area contributed by atoms with Crippen LogP contribution in [0.5, 0.6) is 0 Å². The van der Waals surface area contributed by atoms with Gasteiger partial charge in [-0.1, -0.05) is 30.3 Å². The maximum Gasteiger partial charge on any atom is 0.254 e. The molecule has 0 N–H and O–H groups in total. The van der Waals surface area contributed by atoms with Crippen molar-refractivity contribution < 1.29 is 13.2 Å². The Morgan fingerprint density at radius 2 is 1.79 bits per heavy atom. The molecule has 0 radical (unpaired) electrons. The van der Waals surface area contributed by atoms with Crippen molar-refractivity contribution in [1.29, 1.82) is 0 Å². The summed E-state index contributed by atoms with van der Waals surface area (Å²) in [6, 6.07) is 11.4. The minimum absolute atomic E-state index is 0.0884. The third-order valence-electron chi connectivity index (χ3n) is 6.42. The zero-order valence-electron chi connectivity index (χ0n) is 19.5. The molecule has 1 aliphatic heterocycles. The van der Waals surface area contributed by atoms with E-state index in [1.54, 1.807) is 17.2 Å². The summed E-state index contributed by atoms with van der Waals surface area (Å²) in [5.41, 5.74) is 3.13. The number of rotatable bonds is 6. The Morgan fingerprint density at radius 3 is 2.44 bits per heavy atom. The summed E-state index contributed by atoms with van der Waals surface area (Å²) in [6.07, 6.45) is 5.51. The van der Waals surface area contributed by atoms with E-state index in [4.69, 9.17) is 4.98 Å². The highest BCUT2D eigenvalue weighted by molar-refractivity contribution is 7.92. The van der Waals surface area contributed by atoms with Gasteiger partial charge >= 0.3 is 0 Å². The Kier molecular flexibility index (Phi) is 5.99. The molecule has 8 nitrogen and oxygen atoms in total.